The van der Waals surface area contributed by atoms with Crippen LogP contribution in [-0.2, 0) is 19.3 Å². The summed E-state index contributed by atoms with van der Waals surface area (Å²) in [5.41, 5.74) is 4.99. The molecule has 1 heterocycles. The van der Waals surface area contributed by atoms with Crippen LogP contribution in [0.4, 0.5) is 14.6 Å². The van der Waals surface area contributed by atoms with Crippen molar-refractivity contribution in [3.63, 3.8) is 0 Å². The van der Waals surface area contributed by atoms with Crippen molar-refractivity contribution in [1.29, 1.82) is 0 Å². The fourth-order valence-electron chi connectivity index (χ4n) is 2.68. The molecule has 1 aromatic carbocycles. The lowest BCUT2D eigenvalue weighted by atomic mass is 9.96. The molecule has 0 saturated carbocycles. The number of fused-ring (bicyclic) bond motifs is 1. The highest BCUT2D eigenvalue weighted by Gasteiger charge is 2.18. The predicted octanol–water partition coefficient (Wildman–Crippen LogP) is 2.51. The van der Waals surface area contributed by atoms with Crippen LogP contribution < -0.4 is 11.3 Å². The lowest BCUT2D eigenvalue weighted by molar-refractivity contribution is 0.573. The number of benzene rings is 1. The Labute approximate surface area is 121 Å². The number of nitrogens with zero attached hydrogens (tertiary/aromatic N) is 2. The zero-order valence-corrected chi connectivity index (χ0v) is 11.5. The third-order valence-electron chi connectivity index (χ3n) is 3.73. The van der Waals surface area contributed by atoms with Gasteiger partial charge in [-0.3, -0.25) is 0 Å². The Bertz CT molecular complexity index is 656. The molecule has 0 fully saturated rings. The topological polar surface area (TPSA) is 63.8 Å². The third kappa shape index (κ3) is 2.85. The van der Waals surface area contributed by atoms with Gasteiger partial charge in [0.1, 0.15) is 23.3 Å². The molecule has 0 atom stereocenters. The van der Waals surface area contributed by atoms with Crippen LogP contribution in [-0.4, -0.2) is 9.97 Å². The molecule has 0 saturated heterocycles. The number of hydrogen-bond donors (Lipinski definition) is 2. The van der Waals surface area contributed by atoms with E-state index in [-0.39, 0.29) is 6.42 Å². The Hall–Kier alpha value is -2.08. The molecule has 110 valence electrons. The van der Waals surface area contributed by atoms with Gasteiger partial charge >= 0.3 is 0 Å². The second-order valence-corrected chi connectivity index (χ2v) is 5.18. The number of halogens is 2. The molecule has 1 aromatic heterocycles. The number of hydrogen-bond acceptors (Lipinski definition) is 4. The lowest BCUT2D eigenvalue weighted by Gasteiger charge is -2.18. The molecule has 4 nitrogen and oxygen atoms in total. The number of aryl methyl sites for hydroxylation is 1. The summed E-state index contributed by atoms with van der Waals surface area (Å²) >= 11 is 0. The lowest BCUT2D eigenvalue weighted by Crippen LogP contribution is -2.18. The van der Waals surface area contributed by atoms with Gasteiger partial charge in [0.2, 0.25) is 0 Å². The molecule has 0 amide bonds. The molecule has 0 spiro atoms. The summed E-state index contributed by atoms with van der Waals surface area (Å²) in [5.74, 6) is 5.45. The van der Waals surface area contributed by atoms with E-state index >= 15 is 0 Å². The van der Waals surface area contributed by atoms with E-state index in [4.69, 9.17) is 5.84 Å². The first-order chi connectivity index (χ1) is 10.2. The Morgan fingerprint density at radius 3 is 2.71 bits per heavy atom. The highest BCUT2D eigenvalue weighted by atomic mass is 19.1. The van der Waals surface area contributed by atoms with Gasteiger partial charge < -0.3 is 5.43 Å². The van der Waals surface area contributed by atoms with Crippen molar-refractivity contribution in [3.05, 3.63) is 52.5 Å². The molecule has 0 aliphatic heterocycles. The van der Waals surface area contributed by atoms with Gasteiger partial charge in [-0.2, -0.15) is 0 Å². The van der Waals surface area contributed by atoms with Crippen molar-refractivity contribution in [1.82, 2.24) is 9.97 Å². The second kappa shape index (κ2) is 5.73. The van der Waals surface area contributed by atoms with Crippen LogP contribution in [0.15, 0.2) is 18.2 Å². The summed E-state index contributed by atoms with van der Waals surface area (Å²) in [6.45, 7) is 0. The van der Waals surface area contributed by atoms with Crippen molar-refractivity contribution in [3.8, 4) is 0 Å². The minimum absolute atomic E-state index is 0.216. The van der Waals surface area contributed by atoms with E-state index in [2.05, 4.69) is 15.4 Å². The minimum Gasteiger partial charge on any atom is -0.308 e. The molecule has 21 heavy (non-hydrogen) atoms. The first-order valence-electron chi connectivity index (χ1n) is 6.96. The number of nitrogens with two attached hydrogens (primary N) is 1. The SMILES string of the molecule is NNc1nc(Cc2ccc(F)cc2F)nc2c1CCCC2. The molecule has 0 bridgehead atoms. The normalized spacial score (nSPS) is 13.9. The molecule has 0 radical (unpaired) electrons. The Morgan fingerprint density at radius 1 is 1.14 bits per heavy atom. The van der Waals surface area contributed by atoms with Crippen molar-refractivity contribution in [2.24, 2.45) is 5.84 Å². The van der Waals surface area contributed by atoms with Crippen LogP contribution in [0.25, 0.3) is 0 Å². The van der Waals surface area contributed by atoms with Crippen LogP contribution in [0.5, 0.6) is 0 Å². The number of anilines is 1. The molecule has 0 unspecified atom stereocenters. The summed E-state index contributed by atoms with van der Waals surface area (Å²) in [6.07, 6.45) is 4.18. The van der Waals surface area contributed by atoms with Crippen molar-refractivity contribution < 1.29 is 8.78 Å². The predicted molar refractivity (Wildman–Crippen MR) is 75.6 cm³/mol. The minimum atomic E-state index is -0.591. The molecule has 3 rings (SSSR count). The van der Waals surface area contributed by atoms with Crippen LogP contribution in [0.1, 0.15) is 35.5 Å². The number of nitrogen functional groups attached to an aromatic ring is 1. The monoisotopic (exact) mass is 290 g/mol. The number of nitrogens with one attached hydrogen (secondary N) is 1. The summed E-state index contributed by atoms with van der Waals surface area (Å²) in [7, 11) is 0. The van der Waals surface area contributed by atoms with Crippen molar-refractivity contribution in [2.75, 3.05) is 5.43 Å². The van der Waals surface area contributed by atoms with Crippen molar-refractivity contribution in [2.45, 2.75) is 32.1 Å². The standard InChI is InChI=1S/C15H16F2N4/c16-10-6-5-9(12(17)8-10)7-14-19-13-4-2-1-3-11(13)15(20-14)21-18/h5-6,8H,1-4,7,18H2,(H,19,20,21). The smallest absolute Gasteiger partial charge is 0.147 e. The molecular formula is C15H16F2N4. The fraction of sp³-hybridized carbons (Fsp3) is 0.333. The van der Waals surface area contributed by atoms with Gasteiger partial charge in [-0.1, -0.05) is 6.07 Å². The third-order valence-corrected chi connectivity index (χ3v) is 3.73. The first-order valence-corrected chi connectivity index (χ1v) is 6.96. The second-order valence-electron chi connectivity index (χ2n) is 5.18. The summed E-state index contributed by atoms with van der Waals surface area (Å²) in [6, 6.07) is 3.53. The summed E-state index contributed by atoms with van der Waals surface area (Å²) in [5, 5.41) is 0. The Balaban J connectivity index is 1.95. The van der Waals surface area contributed by atoms with Gasteiger partial charge in [0, 0.05) is 23.7 Å². The first kappa shape index (κ1) is 13.9. The average molecular weight is 290 g/mol. The highest BCUT2D eigenvalue weighted by molar-refractivity contribution is 5.47. The van der Waals surface area contributed by atoms with E-state index in [1.54, 1.807) is 0 Å². The summed E-state index contributed by atoms with van der Waals surface area (Å²) < 4.78 is 26.7. The zero-order chi connectivity index (χ0) is 14.8. The molecule has 3 N–H and O–H groups in total. The van der Waals surface area contributed by atoms with Gasteiger partial charge in [0.25, 0.3) is 0 Å². The largest absolute Gasteiger partial charge is 0.308 e. The molecule has 2 aromatic rings. The molecule has 1 aliphatic carbocycles. The zero-order valence-electron chi connectivity index (χ0n) is 11.5. The number of hydrazine groups is 1. The van der Waals surface area contributed by atoms with Gasteiger partial charge in [-0.15, -0.1) is 0 Å². The van der Waals surface area contributed by atoms with E-state index in [1.165, 1.54) is 12.1 Å². The quantitative estimate of drug-likeness (QED) is 0.673. The number of rotatable bonds is 3. The number of aromatic nitrogens is 2. The maximum absolute atomic E-state index is 13.7. The average Bonchev–Trinajstić information content (AvgIpc) is 2.49. The Morgan fingerprint density at radius 2 is 1.95 bits per heavy atom. The van der Waals surface area contributed by atoms with Gasteiger partial charge in [-0.05, 0) is 37.3 Å². The van der Waals surface area contributed by atoms with Gasteiger partial charge in [0.15, 0.2) is 0 Å². The molecule has 6 heteroatoms. The van der Waals surface area contributed by atoms with E-state index in [9.17, 15) is 8.78 Å². The highest BCUT2D eigenvalue weighted by Crippen LogP contribution is 2.25. The fourth-order valence-corrected chi connectivity index (χ4v) is 2.68. The molecular weight excluding hydrogens is 274 g/mol. The van der Waals surface area contributed by atoms with E-state index in [0.29, 0.717) is 17.2 Å². The van der Waals surface area contributed by atoms with Crippen LogP contribution in [0.3, 0.4) is 0 Å². The summed E-state index contributed by atoms with van der Waals surface area (Å²) in [4.78, 5) is 8.87. The van der Waals surface area contributed by atoms with Crippen LogP contribution >= 0.6 is 0 Å². The van der Waals surface area contributed by atoms with Gasteiger partial charge in [0.05, 0.1) is 0 Å². The maximum atomic E-state index is 13.7. The maximum Gasteiger partial charge on any atom is 0.147 e. The molecule has 1 aliphatic rings. The van der Waals surface area contributed by atoms with Crippen molar-refractivity contribution >= 4 is 5.82 Å². The van der Waals surface area contributed by atoms with Gasteiger partial charge in [-0.25, -0.2) is 24.6 Å². The van der Waals surface area contributed by atoms with E-state index < -0.39 is 11.6 Å². The van der Waals surface area contributed by atoms with E-state index in [1.807, 2.05) is 0 Å². The Kier molecular flexibility index (Phi) is 3.79. The van der Waals surface area contributed by atoms with E-state index in [0.717, 1.165) is 43.0 Å². The van der Waals surface area contributed by atoms with Crippen LogP contribution in [0.2, 0.25) is 0 Å². The van der Waals surface area contributed by atoms with Crippen LogP contribution in [0, 0.1) is 11.6 Å².